The van der Waals surface area contributed by atoms with Crippen LogP contribution in [0.5, 0.6) is 0 Å². The average molecular weight is 403 g/mol. The van der Waals surface area contributed by atoms with Gasteiger partial charge in [0.2, 0.25) is 0 Å². The van der Waals surface area contributed by atoms with E-state index in [9.17, 15) is 9.59 Å². The minimum absolute atomic E-state index is 0. The van der Waals surface area contributed by atoms with Crippen LogP contribution in [0.4, 0.5) is 5.82 Å². The summed E-state index contributed by atoms with van der Waals surface area (Å²) in [6, 6.07) is 11.4. The van der Waals surface area contributed by atoms with Crippen LogP contribution in [0.25, 0.3) is 16.6 Å². The largest absolute Gasteiger partial charge is 0.469 e. The average Bonchev–Trinajstić information content (AvgIpc) is 2.79. The molecule has 0 spiro atoms. The zero-order valence-corrected chi connectivity index (χ0v) is 16.8. The molecule has 1 aliphatic rings. The Balaban J connectivity index is 0.00000272. The van der Waals surface area contributed by atoms with Crippen LogP contribution in [0, 0.1) is 0 Å². The van der Waals surface area contributed by atoms with Crippen molar-refractivity contribution in [2.75, 3.05) is 12.4 Å². The highest BCUT2D eigenvalue weighted by molar-refractivity contribution is 5.86. The number of anilines is 1. The number of carbonyl (C=O) groups excluding carboxylic acids is 1. The molecular weight excluding hydrogens is 378 g/mol. The molecule has 0 aliphatic heterocycles. The molecule has 1 N–H and O–H groups in total. The molecule has 0 unspecified atom stereocenters. The molecule has 30 heavy (non-hydrogen) atoms. The summed E-state index contributed by atoms with van der Waals surface area (Å²) in [5.74, 6) is 0.370. The Morgan fingerprint density at radius 3 is 2.80 bits per heavy atom. The van der Waals surface area contributed by atoms with Crippen molar-refractivity contribution >= 4 is 22.7 Å². The van der Waals surface area contributed by atoms with Crippen molar-refractivity contribution in [3.8, 4) is 5.69 Å². The molecule has 2 heterocycles. The van der Waals surface area contributed by atoms with Gasteiger partial charge in [-0.05, 0) is 43.0 Å². The molecule has 0 radical (unpaired) electrons. The molecule has 3 aromatic rings. The lowest BCUT2D eigenvalue weighted by Crippen LogP contribution is -2.16. The van der Waals surface area contributed by atoms with Gasteiger partial charge in [-0.3, -0.25) is 19.1 Å². The Hall–Kier alpha value is -3.67. The standard InChI is InChI=1S/C24H23N3O3.H2/c1-30-23(29)13-12-17-15-25-16-20-21(28)14-22(26-18-8-4-2-5-9-18)27(24(17)20)19-10-6-3-7-11-19;/h3-4,6-11,14-16,26H,2,5,12-13H2,1H3;1H. The number of rotatable bonds is 6. The predicted octanol–water partition coefficient (Wildman–Crippen LogP) is 4.38. The lowest BCUT2D eigenvalue weighted by molar-refractivity contribution is -0.140. The quantitative estimate of drug-likeness (QED) is 0.618. The van der Waals surface area contributed by atoms with E-state index < -0.39 is 0 Å². The third-order valence-corrected chi connectivity index (χ3v) is 5.10. The number of aryl methyl sites for hydroxylation is 1. The Bertz CT molecular complexity index is 1200. The smallest absolute Gasteiger partial charge is 0.305 e. The maximum absolute atomic E-state index is 12.9. The van der Waals surface area contributed by atoms with Gasteiger partial charge in [0.1, 0.15) is 5.82 Å². The zero-order chi connectivity index (χ0) is 20.9. The number of aromatic nitrogens is 2. The second-order valence-electron chi connectivity index (χ2n) is 7.10. The molecule has 1 aromatic carbocycles. The second kappa shape index (κ2) is 8.78. The molecule has 154 valence electrons. The van der Waals surface area contributed by atoms with Crippen molar-refractivity contribution in [2.45, 2.75) is 25.7 Å². The van der Waals surface area contributed by atoms with E-state index in [4.69, 9.17) is 4.74 Å². The SMILES string of the molecule is COC(=O)CCc1cncc2c(=O)cc(NC3=CCCC=C3)n(-c3ccccc3)c12.[HH]. The van der Waals surface area contributed by atoms with Gasteiger partial charge >= 0.3 is 5.97 Å². The predicted molar refractivity (Wildman–Crippen MR) is 120 cm³/mol. The number of fused-ring (bicyclic) bond motifs is 1. The number of nitrogens with zero attached hydrogens (tertiary/aromatic N) is 2. The highest BCUT2D eigenvalue weighted by Crippen LogP contribution is 2.27. The number of pyridine rings is 2. The fraction of sp³-hybridized carbons (Fsp3) is 0.208. The van der Waals surface area contributed by atoms with E-state index >= 15 is 0 Å². The number of ether oxygens (including phenoxy) is 1. The molecule has 6 heteroatoms. The minimum atomic E-state index is -0.299. The first-order chi connectivity index (χ1) is 14.7. The van der Waals surface area contributed by atoms with Gasteiger partial charge in [0, 0.05) is 37.7 Å². The third kappa shape index (κ3) is 4.03. The summed E-state index contributed by atoms with van der Waals surface area (Å²) in [6.45, 7) is 0. The molecule has 2 aromatic heterocycles. The first-order valence-electron chi connectivity index (χ1n) is 9.96. The number of methoxy groups -OCH3 is 1. The molecule has 0 bridgehead atoms. The lowest BCUT2D eigenvalue weighted by atomic mass is 10.1. The number of esters is 1. The number of nitrogens with one attached hydrogen (secondary N) is 1. The number of hydrogen-bond donors (Lipinski definition) is 1. The molecule has 4 rings (SSSR count). The molecular formula is C24H25N3O3. The number of carbonyl (C=O) groups is 1. The van der Waals surface area contributed by atoms with Gasteiger partial charge in [0.25, 0.3) is 0 Å². The maximum atomic E-state index is 12.9. The molecule has 0 saturated heterocycles. The van der Waals surface area contributed by atoms with Gasteiger partial charge in [-0.2, -0.15) is 0 Å². The fourth-order valence-corrected chi connectivity index (χ4v) is 3.64. The van der Waals surface area contributed by atoms with E-state index in [-0.39, 0.29) is 19.2 Å². The number of benzene rings is 1. The molecule has 0 saturated carbocycles. The molecule has 0 amide bonds. The summed E-state index contributed by atoms with van der Waals surface area (Å²) >= 11 is 0. The van der Waals surface area contributed by atoms with Crippen LogP contribution in [0.1, 0.15) is 26.3 Å². The third-order valence-electron chi connectivity index (χ3n) is 5.10. The summed E-state index contributed by atoms with van der Waals surface area (Å²) in [5, 5.41) is 3.92. The number of hydrogen-bond acceptors (Lipinski definition) is 5. The van der Waals surface area contributed by atoms with Crippen LogP contribution in [0.3, 0.4) is 0 Å². The molecule has 0 fully saturated rings. The van der Waals surface area contributed by atoms with Crippen molar-refractivity contribution in [1.82, 2.24) is 9.55 Å². The summed E-state index contributed by atoms with van der Waals surface area (Å²) in [7, 11) is 1.37. The minimum Gasteiger partial charge on any atom is -0.469 e. The Labute approximate surface area is 176 Å². The Morgan fingerprint density at radius 2 is 2.07 bits per heavy atom. The van der Waals surface area contributed by atoms with Crippen LogP contribution in [0.15, 0.2) is 77.5 Å². The van der Waals surface area contributed by atoms with Crippen molar-refractivity contribution in [3.05, 3.63) is 88.5 Å². The second-order valence-corrected chi connectivity index (χ2v) is 7.10. The first kappa shape index (κ1) is 19.6. The van der Waals surface area contributed by atoms with E-state index in [0.29, 0.717) is 17.6 Å². The highest BCUT2D eigenvalue weighted by atomic mass is 16.5. The van der Waals surface area contributed by atoms with Gasteiger partial charge in [0.15, 0.2) is 5.43 Å². The summed E-state index contributed by atoms with van der Waals surface area (Å²) in [6.07, 6.45) is 12.2. The highest BCUT2D eigenvalue weighted by Gasteiger charge is 2.16. The van der Waals surface area contributed by atoms with E-state index in [1.54, 1.807) is 18.5 Å². The van der Waals surface area contributed by atoms with E-state index in [2.05, 4.69) is 22.5 Å². The van der Waals surface area contributed by atoms with Crippen LogP contribution in [0.2, 0.25) is 0 Å². The van der Waals surface area contributed by atoms with Crippen LogP contribution in [-0.4, -0.2) is 22.6 Å². The van der Waals surface area contributed by atoms with E-state index in [1.165, 1.54) is 7.11 Å². The molecule has 1 aliphatic carbocycles. The summed E-state index contributed by atoms with van der Waals surface area (Å²) < 4.78 is 6.81. The van der Waals surface area contributed by atoms with Gasteiger partial charge in [-0.1, -0.05) is 30.4 Å². The van der Waals surface area contributed by atoms with E-state index in [0.717, 1.165) is 35.3 Å². The topological polar surface area (TPSA) is 73.2 Å². The first-order valence-corrected chi connectivity index (χ1v) is 9.96. The van der Waals surface area contributed by atoms with Crippen molar-refractivity contribution in [1.29, 1.82) is 0 Å². The number of allylic oxidation sites excluding steroid dienone is 3. The maximum Gasteiger partial charge on any atom is 0.305 e. The van der Waals surface area contributed by atoms with Crippen LogP contribution in [-0.2, 0) is 16.0 Å². The molecule has 6 nitrogen and oxygen atoms in total. The van der Waals surface area contributed by atoms with Crippen LogP contribution >= 0.6 is 0 Å². The van der Waals surface area contributed by atoms with Gasteiger partial charge in [-0.25, -0.2) is 0 Å². The summed E-state index contributed by atoms with van der Waals surface area (Å²) in [5.41, 5.74) is 3.31. The monoisotopic (exact) mass is 403 g/mol. The Kier molecular flexibility index (Phi) is 5.75. The van der Waals surface area contributed by atoms with Crippen molar-refractivity contribution < 1.29 is 11.0 Å². The van der Waals surface area contributed by atoms with Crippen molar-refractivity contribution in [2.24, 2.45) is 0 Å². The Morgan fingerprint density at radius 1 is 1.23 bits per heavy atom. The summed E-state index contributed by atoms with van der Waals surface area (Å²) in [4.78, 5) is 28.9. The molecule has 0 atom stereocenters. The van der Waals surface area contributed by atoms with Gasteiger partial charge in [-0.15, -0.1) is 0 Å². The zero-order valence-electron chi connectivity index (χ0n) is 16.8. The normalized spacial score (nSPS) is 13.2. The van der Waals surface area contributed by atoms with Gasteiger partial charge < -0.3 is 10.1 Å². The fourth-order valence-electron chi connectivity index (χ4n) is 3.64. The van der Waals surface area contributed by atoms with Crippen LogP contribution < -0.4 is 10.7 Å². The van der Waals surface area contributed by atoms with Crippen molar-refractivity contribution in [3.63, 3.8) is 0 Å². The number of para-hydroxylation sites is 1. The van der Waals surface area contributed by atoms with E-state index in [1.807, 2.05) is 41.0 Å². The van der Waals surface area contributed by atoms with Gasteiger partial charge in [0.05, 0.1) is 18.0 Å². The lowest BCUT2D eigenvalue weighted by Gasteiger charge is -2.21.